The van der Waals surface area contributed by atoms with Crippen LogP contribution in [0.3, 0.4) is 0 Å². The molecule has 0 aliphatic rings. The van der Waals surface area contributed by atoms with Crippen molar-refractivity contribution < 1.29 is 4.79 Å². The van der Waals surface area contributed by atoms with Gasteiger partial charge in [-0.2, -0.15) is 0 Å². The van der Waals surface area contributed by atoms with Gasteiger partial charge in [0, 0.05) is 22.8 Å². The number of H-pyrrole nitrogens is 1. The van der Waals surface area contributed by atoms with Crippen LogP contribution in [-0.4, -0.2) is 15.9 Å². The molecule has 0 bridgehead atoms. The summed E-state index contributed by atoms with van der Waals surface area (Å²) < 4.78 is 0. The van der Waals surface area contributed by atoms with Crippen LogP contribution in [0.4, 0.5) is 5.69 Å². The molecule has 0 spiro atoms. The molecule has 2 heterocycles. The summed E-state index contributed by atoms with van der Waals surface area (Å²) in [7, 11) is 0. The summed E-state index contributed by atoms with van der Waals surface area (Å²) in [5, 5.41) is 3.76. The second-order valence-corrected chi connectivity index (χ2v) is 4.39. The van der Waals surface area contributed by atoms with Crippen molar-refractivity contribution in [2.75, 3.05) is 5.32 Å². The van der Waals surface area contributed by atoms with E-state index < -0.39 is 0 Å². The fourth-order valence-corrected chi connectivity index (χ4v) is 2.00. The molecule has 1 amide bonds. The summed E-state index contributed by atoms with van der Waals surface area (Å²) >= 11 is 0. The van der Waals surface area contributed by atoms with Gasteiger partial charge in [-0.05, 0) is 25.1 Å². The predicted molar refractivity (Wildman–Crippen MR) is 75.2 cm³/mol. The number of para-hydroxylation sites is 1. The van der Waals surface area contributed by atoms with Gasteiger partial charge in [0.15, 0.2) is 0 Å². The quantitative estimate of drug-likeness (QED) is 0.735. The van der Waals surface area contributed by atoms with Crippen LogP contribution in [0.1, 0.15) is 16.1 Å². The van der Waals surface area contributed by atoms with Crippen LogP contribution >= 0.6 is 0 Å². The summed E-state index contributed by atoms with van der Waals surface area (Å²) in [4.78, 5) is 19.5. The number of nitrogens with one attached hydrogen (secondary N) is 2. The van der Waals surface area contributed by atoms with Gasteiger partial charge in [0.05, 0.1) is 17.4 Å². The first-order valence-electron chi connectivity index (χ1n) is 6.04. The van der Waals surface area contributed by atoms with Crippen molar-refractivity contribution in [3.63, 3.8) is 0 Å². The number of rotatable bonds is 2. The lowest BCUT2D eigenvalue weighted by Crippen LogP contribution is -2.11. The first-order chi connectivity index (χ1) is 9.24. The summed E-state index contributed by atoms with van der Waals surface area (Å²) in [5.74, 6) is -0.136. The lowest BCUT2D eigenvalue weighted by molar-refractivity contribution is 0.102. The normalized spacial score (nSPS) is 10.6. The average Bonchev–Trinajstić information content (AvgIpc) is 2.85. The largest absolute Gasteiger partial charge is 0.360 e. The van der Waals surface area contributed by atoms with Crippen LogP contribution < -0.4 is 5.32 Å². The van der Waals surface area contributed by atoms with Gasteiger partial charge < -0.3 is 10.3 Å². The lowest BCUT2D eigenvalue weighted by Gasteiger charge is -2.04. The van der Waals surface area contributed by atoms with Crippen molar-refractivity contribution in [3.8, 4) is 0 Å². The molecule has 0 aliphatic carbocycles. The Hall–Kier alpha value is -2.62. The number of amides is 1. The van der Waals surface area contributed by atoms with E-state index in [1.807, 2.05) is 43.3 Å². The van der Waals surface area contributed by atoms with Crippen molar-refractivity contribution in [2.45, 2.75) is 6.92 Å². The highest BCUT2D eigenvalue weighted by Crippen LogP contribution is 2.19. The van der Waals surface area contributed by atoms with Crippen LogP contribution in [0.5, 0.6) is 0 Å². The zero-order valence-corrected chi connectivity index (χ0v) is 10.5. The van der Waals surface area contributed by atoms with E-state index in [0.29, 0.717) is 11.3 Å². The van der Waals surface area contributed by atoms with Crippen molar-refractivity contribution >= 4 is 22.5 Å². The molecule has 0 fully saturated rings. The van der Waals surface area contributed by atoms with E-state index in [0.717, 1.165) is 16.6 Å². The number of hydrogen-bond acceptors (Lipinski definition) is 2. The molecule has 0 unspecified atom stereocenters. The maximum atomic E-state index is 12.2. The molecule has 0 atom stereocenters. The zero-order chi connectivity index (χ0) is 13.2. The Morgan fingerprint density at radius 1 is 1.21 bits per heavy atom. The molecule has 19 heavy (non-hydrogen) atoms. The smallest absolute Gasteiger partial charge is 0.257 e. The third kappa shape index (κ3) is 2.20. The van der Waals surface area contributed by atoms with Crippen LogP contribution in [0, 0.1) is 6.92 Å². The number of carbonyl (C=O) groups is 1. The minimum absolute atomic E-state index is 0.136. The molecule has 0 saturated carbocycles. The molecular weight excluding hydrogens is 238 g/mol. The monoisotopic (exact) mass is 251 g/mol. The number of fused-ring (bicyclic) bond motifs is 1. The summed E-state index contributed by atoms with van der Waals surface area (Å²) in [6.07, 6.45) is 3.38. The van der Waals surface area contributed by atoms with Crippen LogP contribution in [0.15, 0.2) is 48.8 Å². The number of aromatic amines is 1. The third-order valence-electron chi connectivity index (χ3n) is 3.00. The average molecular weight is 251 g/mol. The van der Waals surface area contributed by atoms with Gasteiger partial charge in [-0.1, -0.05) is 18.2 Å². The summed E-state index contributed by atoms with van der Waals surface area (Å²) in [5.41, 5.74) is 3.21. The van der Waals surface area contributed by atoms with E-state index in [1.54, 1.807) is 12.4 Å². The Morgan fingerprint density at radius 2 is 2.05 bits per heavy atom. The van der Waals surface area contributed by atoms with Crippen molar-refractivity contribution in [1.29, 1.82) is 0 Å². The second kappa shape index (κ2) is 4.57. The Kier molecular flexibility index (Phi) is 2.76. The molecular formula is C15H13N3O. The van der Waals surface area contributed by atoms with E-state index in [4.69, 9.17) is 0 Å². The number of carbonyl (C=O) groups excluding carboxylic acids is 1. The molecule has 0 saturated heterocycles. The van der Waals surface area contributed by atoms with Gasteiger partial charge in [-0.25, -0.2) is 0 Å². The molecule has 0 radical (unpaired) electrons. The van der Waals surface area contributed by atoms with Gasteiger partial charge in [0.25, 0.3) is 5.91 Å². The third-order valence-corrected chi connectivity index (χ3v) is 3.00. The van der Waals surface area contributed by atoms with E-state index in [9.17, 15) is 4.79 Å². The van der Waals surface area contributed by atoms with E-state index in [2.05, 4.69) is 15.3 Å². The summed E-state index contributed by atoms with van der Waals surface area (Å²) in [6, 6.07) is 11.4. The predicted octanol–water partition coefficient (Wildman–Crippen LogP) is 3.12. The SMILES string of the molecule is Cc1ccc(NC(=O)c2c[nH]c3ccccc23)cn1. The summed E-state index contributed by atoms with van der Waals surface area (Å²) in [6.45, 7) is 1.91. The van der Waals surface area contributed by atoms with Gasteiger partial charge in [-0.3, -0.25) is 9.78 Å². The number of aryl methyl sites for hydroxylation is 1. The van der Waals surface area contributed by atoms with Crippen LogP contribution in [-0.2, 0) is 0 Å². The van der Waals surface area contributed by atoms with E-state index >= 15 is 0 Å². The molecule has 3 rings (SSSR count). The van der Waals surface area contributed by atoms with E-state index in [1.165, 1.54) is 0 Å². The second-order valence-electron chi connectivity index (χ2n) is 4.39. The Morgan fingerprint density at radius 3 is 2.84 bits per heavy atom. The molecule has 2 aromatic heterocycles. The molecule has 2 N–H and O–H groups in total. The van der Waals surface area contributed by atoms with E-state index in [-0.39, 0.29) is 5.91 Å². The molecule has 0 aliphatic heterocycles. The number of aromatic nitrogens is 2. The zero-order valence-electron chi connectivity index (χ0n) is 10.5. The van der Waals surface area contributed by atoms with Gasteiger partial charge >= 0.3 is 0 Å². The molecule has 94 valence electrons. The maximum absolute atomic E-state index is 12.2. The van der Waals surface area contributed by atoms with Gasteiger partial charge in [-0.15, -0.1) is 0 Å². The fourth-order valence-electron chi connectivity index (χ4n) is 2.00. The molecule has 1 aromatic carbocycles. The number of hydrogen-bond donors (Lipinski definition) is 2. The lowest BCUT2D eigenvalue weighted by atomic mass is 10.1. The molecule has 4 nitrogen and oxygen atoms in total. The number of anilines is 1. The Bertz CT molecular complexity index is 728. The van der Waals surface area contributed by atoms with Crippen LogP contribution in [0.25, 0.3) is 10.9 Å². The van der Waals surface area contributed by atoms with Crippen molar-refractivity contribution in [2.24, 2.45) is 0 Å². The molecule has 3 aromatic rings. The fraction of sp³-hybridized carbons (Fsp3) is 0.0667. The van der Waals surface area contributed by atoms with Crippen LogP contribution in [0.2, 0.25) is 0 Å². The minimum Gasteiger partial charge on any atom is -0.360 e. The topological polar surface area (TPSA) is 57.8 Å². The first kappa shape index (κ1) is 11.5. The number of pyridine rings is 1. The minimum atomic E-state index is -0.136. The standard InChI is InChI=1S/C15H13N3O/c1-10-6-7-11(8-16-10)18-15(19)13-9-17-14-5-3-2-4-12(13)14/h2-9,17H,1H3,(H,18,19). The highest BCUT2D eigenvalue weighted by atomic mass is 16.1. The number of nitrogens with zero attached hydrogens (tertiary/aromatic N) is 1. The highest BCUT2D eigenvalue weighted by molar-refractivity contribution is 6.12. The Balaban J connectivity index is 1.90. The maximum Gasteiger partial charge on any atom is 0.257 e. The van der Waals surface area contributed by atoms with Gasteiger partial charge in [0.1, 0.15) is 0 Å². The highest BCUT2D eigenvalue weighted by Gasteiger charge is 2.11. The molecule has 4 heteroatoms. The van der Waals surface area contributed by atoms with Crippen molar-refractivity contribution in [3.05, 3.63) is 60.0 Å². The van der Waals surface area contributed by atoms with Crippen molar-refractivity contribution in [1.82, 2.24) is 9.97 Å². The number of benzene rings is 1. The Labute approximate surface area is 110 Å². The van der Waals surface area contributed by atoms with Gasteiger partial charge in [0.2, 0.25) is 0 Å². The first-order valence-corrected chi connectivity index (χ1v) is 6.04.